The van der Waals surface area contributed by atoms with Crippen molar-refractivity contribution < 1.29 is 18.7 Å². The fraction of sp³-hybridized carbons (Fsp3) is 0.318. The maximum absolute atomic E-state index is 14.3. The first-order valence-electron chi connectivity index (χ1n) is 9.91. The largest absolute Gasteiger partial charge is 0.396 e. The van der Waals surface area contributed by atoms with Crippen LogP contribution in [0.25, 0.3) is 11.4 Å². The molecule has 6 nitrogen and oxygen atoms in total. The number of carbonyl (C=O) groups excluding carboxylic acids is 1. The van der Waals surface area contributed by atoms with Gasteiger partial charge in [-0.05, 0) is 36.6 Å². The maximum atomic E-state index is 14.3. The van der Waals surface area contributed by atoms with Crippen LogP contribution in [0, 0.1) is 11.6 Å². The average molecular weight is 448 g/mol. The first kappa shape index (κ1) is 21.4. The Morgan fingerprint density at radius 1 is 1.19 bits per heavy atom. The number of benzene rings is 2. The van der Waals surface area contributed by atoms with E-state index in [4.69, 9.17) is 11.6 Å². The van der Waals surface area contributed by atoms with Gasteiger partial charge in [-0.15, -0.1) is 5.10 Å². The number of aliphatic hydroxyl groups excluding tert-OH is 1. The monoisotopic (exact) mass is 447 g/mol. The average Bonchev–Trinajstić information content (AvgIpc) is 3.53. The SMILES string of the molecule is O=C(CC(CO)c1cccc(Cl)c1F)Cn1nc(-c2ccccc2F)n(C2CC2)c1=O. The fourth-order valence-corrected chi connectivity index (χ4v) is 3.81. The van der Waals surface area contributed by atoms with Crippen LogP contribution in [0.5, 0.6) is 0 Å². The highest BCUT2D eigenvalue weighted by atomic mass is 35.5. The van der Waals surface area contributed by atoms with Crippen molar-refractivity contribution in [2.24, 2.45) is 0 Å². The highest BCUT2D eigenvalue weighted by Crippen LogP contribution is 2.37. The zero-order valence-electron chi connectivity index (χ0n) is 16.5. The fourth-order valence-electron chi connectivity index (χ4n) is 3.63. The Labute approximate surface area is 181 Å². The molecule has 1 unspecified atom stereocenters. The Balaban J connectivity index is 1.60. The second kappa shape index (κ2) is 8.72. The Hall–Kier alpha value is -2.84. The number of Topliss-reactive ketones (excluding diaryl/α,β-unsaturated/α-hetero) is 1. The van der Waals surface area contributed by atoms with Crippen molar-refractivity contribution in [1.29, 1.82) is 0 Å². The van der Waals surface area contributed by atoms with Crippen LogP contribution in [-0.4, -0.2) is 31.8 Å². The van der Waals surface area contributed by atoms with E-state index in [1.54, 1.807) is 12.1 Å². The lowest BCUT2D eigenvalue weighted by molar-refractivity contribution is -0.120. The number of carbonyl (C=O) groups is 1. The summed E-state index contributed by atoms with van der Waals surface area (Å²) in [5, 5.41) is 13.8. The van der Waals surface area contributed by atoms with Gasteiger partial charge in [-0.25, -0.2) is 18.3 Å². The number of aromatic nitrogens is 3. The molecule has 0 saturated heterocycles. The van der Waals surface area contributed by atoms with Crippen LogP contribution in [0.1, 0.15) is 36.8 Å². The lowest BCUT2D eigenvalue weighted by Crippen LogP contribution is -2.28. The summed E-state index contributed by atoms with van der Waals surface area (Å²) in [5.74, 6) is -2.24. The third-order valence-electron chi connectivity index (χ3n) is 5.34. The van der Waals surface area contributed by atoms with Gasteiger partial charge in [-0.2, -0.15) is 0 Å². The van der Waals surface area contributed by atoms with E-state index in [-0.39, 0.29) is 41.0 Å². The molecule has 3 aromatic rings. The van der Waals surface area contributed by atoms with E-state index in [0.717, 1.165) is 17.5 Å². The molecule has 1 aromatic heterocycles. The van der Waals surface area contributed by atoms with Gasteiger partial charge in [0.25, 0.3) is 0 Å². The van der Waals surface area contributed by atoms with Crippen molar-refractivity contribution in [3.8, 4) is 11.4 Å². The molecule has 1 saturated carbocycles. The van der Waals surface area contributed by atoms with E-state index in [2.05, 4.69) is 5.10 Å². The maximum Gasteiger partial charge on any atom is 0.346 e. The van der Waals surface area contributed by atoms with Crippen LogP contribution in [-0.2, 0) is 11.3 Å². The second-order valence-corrected chi connectivity index (χ2v) is 8.02. The Kier molecular flexibility index (Phi) is 6.02. The van der Waals surface area contributed by atoms with E-state index in [0.29, 0.717) is 0 Å². The summed E-state index contributed by atoms with van der Waals surface area (Å²) in [7, 11) is 0. The van der Waals surface area contributed by atoms with E-state index in [1.807, 2.05) is 0 Å². The molecule has 1 aliphatic rings. The molecule has 1 heterocycles. The van der Waals surface area contributed by atoms with Gasteiger partial charge in [0.05, 0.1) is 17.2 Å². The summed E-state index contributed by atoms with van der Waals surface area (Å²) in [5.41, 5.74) is -0.179. The van der Waals surface area contributed by atoms with E-state index in [1.165, 1.54) is 34.9 Å². The molecule has 2 aromatic carbocycles. The van der Waals surface area contributed by atoms with Crippen LogP contribution >= 0.6 is 11.6 Å². The highest BCUT2D eigenvalue weighted by Gasteiger charge is 2.31. The zero-order chi connectivity index (χ0) is 22.1. The van der Waals surface area contributed by atoms with Gasteiger partial charge < -0.3 is 5.11 Å². The minimum absolute atomic E-state index is 0.0725. The minimum Gasteiger partial charge on any atom is -0.396 e. The predicted octanol–water partition coefficient (Wildman–Crippen LogP) is 3.71. The Morgan fingerprint density at radius 2 is 1.94 bits per heavy atom. The topological polar surface area (TPSA) is 77.1 Å². The standard InChI is InChI=1S/C22H20ClF2N3O3/c23-18-6-3-5-16(20(18)25)13(12-29)10-15(30)11-27-22(31)28(14-8-9-14)21(26-27)17-4-1-2-7-19(17)24/h1-7,13-14,29H,8-12H2. The van der Waals surface area contributed by atoms with Gasteiger partial charge >= 0.3 is 5.69 Å². The molecular weight excluding hydrogens is 428 g/mol. The number of hydrogen-bond acceptors (Lipinski definition) is 4. The third-order valence-corrected chi connectivity index (χ3v) is 5.63. The van der Waals surface area contributed by atoms with Crippen molar-refractivity contribution in [3.63, 3.8) is 0 Å². The van der Waals surface area contributed by atoms with Crippen LogP contribution in [0.4, 0.5) is 8.78 Å². The Bertz CT molecular complexity index is 1190. The molecule has 1 aliphatic carbocycles. The predicted molar refractivity (Wildman–Crippen MR) is 111 cm³/mol. The summed E-state index contributed by atoms with van der Waals surface area (Å²) < 4.78 is 31.0. The normalized spacial score (nSPS) is 14.6. The van der Waals surface area contributed by atoms with E-state index >= 15 is 0 Å². The zero-order valence-corrected chi connectivity index (χ0v) is 17.2. The summed E-state index contributed by atoms with van der Waals surface area (Å²) in [6.45, 7) is -0.826. The number of halogens is 3. The van der Waals surface area contributed by atoms with Crippen LogP contribution in [0.15, 0.2) is 47.3 Å². The number of rotatable bonds is 8. The molecule has 1 fully saturated rings. The number of hydrogen-bond donors (Lipinski definition) is 1. The second-order valence-electron chi connectivity index (χ2n) is 7.61. The molecular formula is C22H20ClF2N3O3. The molecule has 0 spiro atoms. The number of aliphatic hydroxyl groups is 1. The molecule has 0 radical (unpaired) electrons. The van der Waals surface area contributed by atoms with Crippen LogP contribution in [0.3, 0.4) is 0 Å². The number of nitrogens with zero attached hydrogens (tertiary/aromatic N) is 3. The first-order chi connectivity index (χ1) is 14.9. The van der Waals surface area contributed by atoms with Gasteiger partial charge in [0, 0.05) is 18.4 Å². The molecule has 0 amide bonds. The Morgan fingerprint density at radius 3 is 2.61 bits per heavy atom. The van der Waals surface area contributed by atoms with Gasteiger partial charge in [-0.3, -0.25) is 9.36 Å². The van der Waals surface area contributed by atoms with Crippen LogP contribution < -0.4 is 5.69 Å². The summed E-state index contributed by atoms with van der Waals surface area (Å²) in [6.07, 6.45) is 1.36. The molecule has 162 valence electrons. The smallest absolute Gasteiger partial charge is 0.346 e. The first-order valence-corrected chi connectivity index (χ1v) is 10.3. The third kappa shape index (κ3) is 4.31. The van der Waals surface area contributed by atoms with Crippen molar-refractivity contribution >= 4 is 17.4 Å². The lowest BCUT2D eigenvalue weighted by Gasteiger charge is -2.15. The van der Waals surface area contributed by atoms with Crippen molar-refractivity contribution in [3.05, 3.63) is 75.2 Å². The van der Waals surface area contributed by atoms with Crippen LogP contribution in [0.2, 0.25) is 5.02 Å². The molecule has 0 aliphatic heterocycles. The van der Waals surface area contributed by atoms with E-state index < -0.39 is 35.6 Å². The molecule has 1 N–H and O–H groups in total. The van der Waals surface area contributed by atoms with E-state index in [9.17, 15) is 23.5 Å². The van der Waals surface area contributed by atoms with Crippen molar-refractivity contribution in [2.45, 2.75) is 37.8 Å². The summed E-state index contributed by atoms with van der Waals surface area (Å²) >= 11 is 5.80. The summed E-state index contributed by atoms with van der Waals surface area (Å²) in [4.78, 5) is 25.5. The van der Waals surface area contributed by atoms with Crippen molar-refractivity contribution in [1.82, 2.24) is 14.3 Å². The van der Waals surface area contributed by atoms with Gasteiger partial charge in [-0.1, -0.05) is 35.9 Å². The molecule has 1 atom stereocenters. The minimum atomic E-state index is -0.807. The quantitative estimate of drug-likeness (QED) is 0.571. The number of ketones is 1. The molecule has 9 heteroatoms. The molecule has 4 rings (SSSR count). The van der Waals surface area contributed by atoms with Gasteiger partial charge in [0.1, 0.15) is 18.2 Å². The molecule has 0 bridgehead atoms. The summed E-state index contributed by atoms with van der Waals surface area (Å²) in [6, 6.07) is 10.3. The van der Waals surface area contributed by atoms with Gasteiger partial charge in [0.15, 0.2) is 11.6 Å². The lowest BCUT2D eigenvalue weighted by atomic mass is 9.94. The highest BCUT2D eigenvalue weighted by molar-refractivity contribution is 6.30. The molecule has 31 heavy (non-hydrogen) atoms. The van der Waals surface area contributed by atoms with Crippen molar-refractivity contribution in [2.75, 3.05) is 6.61 Å². The van der Waals surface area contributed by atoms with Gasteiger partial charge in [0.2, 0.25) is 0 Å².